The second-order valence-corrected chi connectivity index (χ2v) is 6.45. The zero-order valence-corrected chi connectivity index (χ0v) is 13.3. The van der Waals surface area contributed by atoms with Crippen LogP contribution < -0.4 is 10.1 Å². The summed E-state index contributed by atoms with van der Waals surface area (Å²) in [5.74, 6) is 1.44. The zero-order chi connectivity index (χ0) is 14.5. The first kappa shape index (κ1) is 14.9. The van der Waals surface area contributed by atoms with Crippen LogP contribution in [0.5, 0.6) is 5.75 Å². The van der Waals surface area contributed by atoms with Crippen LogP contribution in [0.2, 0.25) is 0 Å². The molecule has 0 amide bonds. The van der Waals surface area contributed by atoms with Gasteiger partial charge in [-0.05, 0) is 31.9 Å². The molecule has 4 heteroatoms. The number of hydrogen-bond acceptors (Lipinski definition) is 4. The van der Waals surface area contributed by atoms with E-state index in [1.807, 2.05) is 25.1 Å². The minimum absolute atomic E-state index is 0.195. The van der Waals surface area contributed by atoms with Crippen molar-refractivity contribution >= 4 is 17.0 Å². The topological polar surface area (TPSA) is 34.2 Å². The molecule has 2 rings (SSSR count). The summed E-state index contributed by atoms with van der Waals surface area (Å²) in [6.07, 6.45) is 0. The van der Waals surface area contributed by atoms with Crippen LogP contribution in [0.1, 0.15) is 37.5 Å². The van der Waals surface area contributed by atoms with E-state index in [0.717, 1.165) is 28.7 Å². The van der Waals surface area contributed by atoms with Crippen molar-refractivity contribution in [3.05, 3.63) is 40.3 Å². The van der Waals surface area contributed by atoms with Crippen molar-refractivity contribution in [3.63, 3.8) is 0 Å². The molecule has 1 N–H and O–H groups in total. The van der Waals surface area contributed by atoms with Crippen molar-refractivity contribution in [2.45, 2.75) is 33.7 Å². The molecule has 0 bridgehead atoms. The van der Waals surface area contributed by atoms with E-state index in [4.69, 9.17) is 4.74 Å². The third-order valence-corrected chi connectivity index (χ3v) is 3.67. The Morgan fingerprint density at radius 3 is 2.75 bits per heavy atom. The number of thiazole rings is 1. The van der Waals surface area contributed by atoms with Crippen molar-refractivity contribution in [1.82, 2.24) is 4.98 Å². The molecule has 1 atom stereocenters. The third-order valence-electron chi connectivity index (χ3n) is 2.88. The number of nitrogens with one attached hydrogen (secondary N) is 1. The van der Waals surface area contributed by atoms with Gasteiger partial charge in [0.15, 0.2) is 0 Å². The normalized spacial score (nSPS) is 12.4. The number of ether oxygens (including phenoxy) is 1. The van der Waals surface area contributed by atoms with Crippen molar-refractivity contribution in [2.24, 2.45) is 5.92 Å². The van der Waals surface area contributed by atoms with Crippen molar-refractivity contribution < 1.29 is 4.74 Å². The molecule has 0 fully saturated rings. The second kappa shape index (κ2) is 6.75. The van der Waals surface area contributed by atoms with Gasteiger partial charge in [-0.15, -0.1) is 11.3 Å². The van der Waals surface area contributed by atoms with Gasteiger partial charge in [-0.25, -0.2) is 4.98 Å². The van der Waals surface area contributed by atoms with Crippen LogP contribution in [-0.2, 0) is 0 Å². The van der Waals surface area contributed by atoms with Crippen LogP contribution >= 0.6 is 11.3 Å². The number of anilines is 1. The number of nitrogens with zero attached hydrogens (tertiary/aromatic N) is 1. The molecular weight excluding hydrogens is 268 g/mol. The minimum Gasteiger partial charge on any atom is -0.493 e. The maximum Gasteiger partial charge on any atom is 0.121 e. The van der Waals surface area contributed by atoms with Crippen LogP contribution in [-0.4, -0.2) is 11.6 Å². The maximum atomic E-state index is 5.75. The second-order valence-electron chi connectivity index (χ2n) is 5.39. The van der Waals surface area contributed by atoms with E-state index in [1.165, 1.54) is 0 Å². The molecule has 0 radical (unpaired) electrons. The Morgan fingerprint density at radius 2 is 2.10 bits per heavy atom. The van der Waals surface area contributed by atoms with Crippen molar-refractivity contribution in [2.75, 3.05) is 11.9 Å². The molecule has 108 valence electrons. The van der Waals surface area contributed by atoms with Gasteiger partial charge in [-0.3, -0.25) is 0 Å². The number of rotatable bonds is 6. The van der Waals surface area contributed by atoms with Crippen LogP contribution in [0.4, 0.5) is 5.69 Å². The molecule has 20 heavy (non-hydrogen) atoms. The molecule has 0 aliphatic carbocycles. The fraction of sp³-hybridized carbons (Fsp3) is 0.438. The van der Waals surface area contributed by atoms with Gasteiger partial charge < -0.3 is 10.1 Å². The maximum absolute atomic E-state index is 5.75. The van der Waals surface area contributed by atoms with Gasteiger partial charge in [-0.2, -0.15) is 0 Å². The van der Waals surface area contributed by atoms with Crippen LogP contribution in [0.15, 0.2) is 29.6 Å². The van der Waals surface area contributed by atoms with Gasteiger partial charge in [0.25, 0.3) is 0 Å². The molecule has 0 aliphatic rings. The standard InChI is InChI=1S/C16H22N2OS/c1-11(2)9-19-15-7-5-6-14(8-15)17-12(3)16-10-20-13(4)18-16/h5-8,10-12,17H,9H2,1-4H3. The summed E-state index contributed by atoms with van der Waals surface area (Å²) < 4.78 is 5.75. The first-order valence-electron chi connectivity index (χ1n) is 6.96. The van der Waals surface area contributed by atoms with Gasteiger partial charge in [0.2, 0.25) is 0 Å². The number of aromatic nitrogens is 1. The summed E-state index contributed by atoms with van der Waals surface area (Å²) in [4.78, 5) is 4.51. The Bertz CT molecular complexity index is 551. The van der Waals surface area contributed by atoms with E-state index < -0.39 is 0 Å². The summed E-state index contributed by atoms with van der Waals surface area (Å²) in [6, 6.07) is 8.29. The van der Waals surface area contributed by atoms with Gasteiger partial charge >= 0.3 is 0 Å². The van der Waals surface area contributed by atoms with Crippen molar-refractivity contribution in [3.8, 4) is 5.75 Å². The Kier molecular flexibility index (Phi) is 5.01. The average molecular weight is 290 g/mol. The Balaban J connectivity index is 2.00. The Morgan fingerprint density at radius 1 is 1.30 bits per heavy atom. The molecule has 0 saturated carbocycles. The highest BCUT2D eigenvalue weighted by Gasteiger charge is 2.09. The summed E-state index contributed by atoms with van der Waals surface area (Å²) >= 11 is 1.68. The minimum atomic E-state index is 0.195. The van der Waals surface area contributed by atoms with E-state index >= 15 is 0 Å². The molecule has 1 unspecified atom stereocenters. The molecule has 0 saturated heterocycles. The van der Waals surface area contributed by atoms with Gasteiger partial charge in [0.05, 0.1) is 23.4 Å². The first-order chi connectivity index (χ1) is 9.54. The number of benzene rings is 1. The van der Waals surface area contributed by atoms with E-state index in [9.17, 15) is 0 Å². The lowest BCUT2D eigenvalue weighted by atomic mass is 10.2. The SMILES string of the molecule is Cc1nc(C(C)Nc2cccc(OCC(C)C)c2)cs1. The third kappa shape index (κ3) is 4.23. The van der Waals surface area contributed by atoms with Crippen LogP contribution in [0.3, 0.4) is 0 Å². The van der Waals surface area contributed by atoms with Gasteiger partial charge in [0.1, 0.15) is 5.75 Å². The molecular formula is C16H22N2OS. The van der Waals surface area contributed by atoms with E-state index in [1.54, 1.807) is 11.3 Å². The lowest BCUT2D eigenvalue weighted by Crippen LogP contribution is -2.08. The molecule has 2 aromatic rings. The quantitative estimate of drug-likeness (QED) is 0.840. The summed E-state index contributed by atoms with van der Waals surface area (Å²) in [6.45, 7) is 9.19. The molecule has 1 heterocycles. The average Bonchev–Trinajstić information content (AvgIpc) is 2.84. The molecule has 1 aromatic heterocycles. The highest BCUT2D eigenvalue weighted by atomic mass is 32.1. The lowest BCUT2D eigenvalue weighted by molar-refractivity contribution is 0.271. The van der Waals surface area contributed by atoms with Crippen molar-refractivity contribution in [1.29, 1.82) is 0 Å². The summed E-state index contributed by atoms with van der Waals surface area (Å²) in [5.41, 5.74) is 2.14. The summed E-state index contributed by atoms with van der Waals surface area (Å²) in [5, 5.41) is 6.67. The van der Waals surface area contributed by atoms with E-state index in [0.29, 0.717) is 5.92 Å². The van der Waals surface area contributed by atoms with E-state index in [-0.39, 0.29) is 6.04 Å². The molecule has 0 aliphatic heterocycles. The van der Waals surface area contributed by atoms with Crippen LogP contribution in [0, 0.1) is 12.8 Å². The predicted octanol–water partition coefficient (Wildman–Crippen LogP) is 4.66. The largest absolute Gasteiger partial charge is 0.493 e. The summed E-state index contributed by atoms with van der Waals surface area (Å²) in [7, 11) is 0. The molecule has 1 aromatic carbocycles. The smallest absolute Gasteiger partial charge is 0.121 e. The number of aryl methyl sites for hydroxylation is 1. The number of hydrogen-bond donors (Lipinski definition) is 1. The molecule has 0 spiro atoms. The Hall–Kier alpha value is -1.55. The van der Waals surface area contributed by atoms with E-state index in [2.05, 4.69) is 42.5 Å². The fourth-order valence-electron chi connectivity index (χ4n) is 1.84. The highest BCUT2D eigenvalue weighted by molar-refractivity contribution is 7.09. The fourth-order valence-corrected chi connectivity index (χ4v) is 2.55. The van der Waals surface area contributed by atoms with Crippen LogP contribution in [0.25, 0.3) is 0 Å². The Labute approximate surface area is 125 Å². The predicted molar refractivity (Wildman–Crippen MR) is 85.7 cm³/mol. The monoisotopic (exact) mass is 290 g/mol. The molecule has 3 nitrogen and oxygen atoms in total. The highest BCUT2D eigenvalue weighted by Crippen LogP contribution is 2.24. The van der Waals surface area contributed by atoms with Gasteiger partial charge in [-0.1, -0.05) is 19.9 Å². The van der Waals surface area contributed by atoms with Gasteiger partial charge in [0, 0.05) is 17.1 Å². The first-order valence-corrected chi connectivity index (χ1v) is 7.84. The zero-order valence-electron chi connectivity index (χ0n) is 12.5. The lowest BCUT2D eigenvalue weighted by Gasteiger charge is -2.15.